The van der Waals surface area contributed by atoms with Crippen molar-refractivity contribution in [2.75, 3.05) is 0 Å². The van der Waals surface area contributed by atoms with Gasteiger partial charge in [0.25, 0.3) is 0 Å². The lowest BCUT2D eigenvalue weighted by Gasteiger charge is -2.26. The molecule has 21 heavy (non-hydrogen) atoms. The fourth-order valence-electron chi connectivity index (χ4n) is 1.79. The highest BCUT2D eigenvalue weighted by Gasteiger charge is 2.27. The minimum Gasteiger partial charge on any atom is -0.481 e. The van der Waals surface area contributed by atoms with Crippen molar-refractivity contribution in [3.05, 3.63) is 35.9 Å². The number of carboxylic acid groups (broad SMARTS) is 1. The summed E-state index contributed by atoms with van der Waals surface area (Å²) in [6, 6.07) is 7.83. The number of carboxylic acids is 1. The Kier molecular flexibility index (Phi) is 5.72. The molecule has 6 heteroatoms. The zero-order valence-corrected chi connectivity index (χ0v) is 12.4. The third-order valence-corrected chi connectivity index (χ3v) is 2.60. The fraction of sp³-hybridized carbons (Fsp3) is 0.467. The average molecular weight is 295 g/mol. The number of benzene rings is 1. The van der Waals surface area contributed by atoms with E-state index in [9.17, 15) is 14.7 Å². The van der Waals surface area contributed by atoms with Gasteiger partial charge in [-0.3, -0.25) is 4.79 Å². The molecule has 116 valence electrons. The SMILES string of the molecule is CC(C)(C)OC(=O)NC(c1ccccc1)C(O)CC(=O)O. The quantitative estimate of drug-likeness (QED) is 0.773. The zero-order chi connectivity index (χ0) is 16.0. The summed E-state index contributed by atoms with van der Waals surface area (Å²) in [6.45, 7) is 5.16. The normalized spacial score (nSPS) is 14.1. The number of carbonyl (C=O) groups excluding carboxylic acids is 1. The van der Waals surface area contributed by atoms with Gasteiger partial charge in [-0.1, -0.05) is 30.3 Å². The van der Waals surface area contributed by atoms with Gasteiger partial charge in [-0.25, -0.2) is 4.79 Å². The molecule has 2 unspecified atom stereocenters. The van der Waals surface area contributed by atoms with Crippen LogP contribution in [0.5, 0.6) is 0 Å². The van der Waals surface area contributed by atoms with Gasteiger partial charge in [0.15, 0.2) is 0 Å². The minimum absolute atomic E-state index is 0.477. The molecule has 1 rings (SSSR count). The van der Waals surface area contributed by atoms with Crippen molar-refractivity contribution in [1.29, 1.82) is 0 Å². The molecular weight excluding hydrogens is 274 g/mol. The van der Waals surface area contributed by atoms with E-state index in [1.807, 2.05) is 0 Å². The van der Waals surface area contributed by atoms with Crippen molar-refractivity contribution in [2.45, 2.75) is 44.9 Å². The van der Waals surface area contributed by atoms with Crippen LogP contribution >= 0.6 is 0 Å². The van der Waals surface area contributed by atoms with Crippen LogP contribution in [-0.4, -0.2) is 34.0 Å². The Hall–Kier alpha value is -2.08. The number of hydrogen-bond donors (Lipinski definition) is 3. The predicted octanol–water partition coefficient (Wildman–Crippen LogP) is 2.09. The number of nitrogens with one attached hydrogen (secondary N) is 1. The van der Waals surface area contributed by atoms with Crippen LogP contribution in [0.1, 0.15) is 38.8 Å². The molecular formula is C15H21NO5. The molecule has 1 amide bonds. The summed E-state index contributed by atoms with van der Waals surface area (Å²) in [7, 11) is 0. The maximum atomic E-state index is 11.8. The number of aliphatic carboxylic acids is 1. The number of alkyl carbamates (subject to hydrolysis) is 1. The van der Waals surface area contributed by atoms with Crippen molar-refractivity contribution in [3.8, 4) is 0 Å². The maximum Gasteiger partial charge on any atom is 0.408 e. The van der Waals surface area contributed by atoms with Crippen molar-refractivity contribution in [1.82, 2.24) is 5.32 Å². The van der Waals surface area contributed by atoms with Crippen LogP contribution in [0, 0.1) is 0 Å². The fourth-order valence-corrected chi connectivity index (χ4v) is 1.79. The van der Waals surface area contributed by atoms with Crippen LogP contribution < -0.4 is 5.32 Å². The molecule has 0 aromatic heterocycles. The van der Waals surface area contributed by atoms with Gasteiger partial charge < -0.3 is 20.3 Å². The van der Waals surface area contributed by atoms with E-state index in [1.54, 1.807) is 51.1 Å². The number of amides is 1. The number of rotatable bonds is 5. The van der Waals surface area contributed by atoms with Gasteiger partial charge in [0.2, 0.25) is 0 Å². The van der Waals surface area contributed by atoms with Gasteiger partial charge in [-0.05, 0) is 26.3 Å². The first-order valence-corrected chi connectivity index (χ1v) is 6.63. The van der Waals surface area contributed by atoms with Crippen LogP contribution in [0.25, 0.3) is 0 Å². The van der Waals surface area contributed by atoms with Gasteiger partial charge in [0.1, 0.15) is 5.60 Å². The van der Waals surface area contributed by atoms with E-state index in [0.29, 0.717) is 5.56 Å². The first kappa shape index (κ1) is 17.0. The van der Waals surface area contributed by atoms with Gasteiger partial charge in [0.05, 0.1) is 18.6 Å². The number of ether oxygens (including phenoxy) is 1. The molecule has 1 aromatic carbocycles. The molecule has 3 N–H and O–H groups in total. The standard InChI is InChI=1S/C15H21NO5/c1-15(2,3)21-14(20)16-13(11(17)9-12(18)19)10-7-5-4-6-8-10/h4-8,11,13,17H,9H2,1-3H3,(H,16,20)(H,18,19). The first-order valence-electron chi connectivity index (χ1n) is 6.63. The van der Waals surface area contributed by atoms with Gasteiger partial charge in [-0.15, -0.1) is 0 Å². The molecule has 0 aliphatic heterocycles. The Balaban J connectivity index is 2.87. The minimum atomic E-state index is -1.25. The van der Waals surface area contributed by atoms with E-state index in [4.69, 9.17) is 9.84 Å². The lowest BCUT2D eigenvalue weighted by Crippen LogP contribution is -2.40. The van der Waals surface area contributed by atoms with Crippen molar-refractivity contribution >= 4 is 12.1 Å². The zero-order valence-electron chi connectivity index (χ0n) is 12.4. The Morgan fingerprint density at radius 3 is 2.29 bits per heavy atom. The average Bonchev–Trinajstić information content (AvgIpc) is 2.34. The van der Waals surface area contributed by atoms with Gasteiger partial charge in [-0.2, -0.15) is 0 Å². The highest BCUT2D eigenvalue weighted by atomic mass is 16.6. The third kappa shape index (κ3) is 6.27. The lowest BCUT2D eigenvalue weighted by atomic mass is 9.99. The smallest absolute Gasteiger partial charge is 0.408 e. The van der Waals surface area contributed by atoms with Crippen molar-refractivity contribution in [2.24, 2.45) is 0 Å². The van der Waals surface area contributed by atoms with E-state index in [0.717, 1.165) is 0 Å². The molecule has 0 spiro atoms. The van der Waals surface area contributed by atoms with Crippen molar-refractivity contribution in [3.63, 3.8) is 0 Å². The largest absolute Gasteiger partial charge is 0.481 e. The van der Waals surface area contributed by atoms with E-state index < -0.39 is 36.2 Å². The second-order valence-corrected chi connectivity index (χ2v) is 5.70. The number of aliphatic hydroxyl groups excluding tert-OH is 1. The summed E-state index contributed by atoms with van der Waals surface area (Å²) in [5, 5.41) is 21.3. The monoisotopic (exact) mass is 295 g/mol. The van der Waals surface area contributed by atoms with Crippen LogP contribution in [-0.2, 0) is 9.53 Å². The molecule has 0 bridgehead atoms. The van der Waals surface area contributed by atoms with Crippen LogP contribution in [0.4, 0.5) is 4.79 Å². The molecule has 0 heterocycles. The highest BCUT2D eigenvalue weighted by Crippen LogP contribution is 2.20. The van der Waals surface area contributed by atoms with Crippen LogP contribution in [0.3, 0.4) is 0 Å². The Labute approximate surface area is 123 Å². The second-order valence-electron chi connectivity index (χ2n) is 5.70. The molecule has 6 nitrogen and oxygen atoms in total. The second kappa shape index (κ2) is 7.08. The Bertz CT molecular complexity index is 481. The Morgan fingerprint density at radius 1 is 1.24 bits per heavy atom. The maximum absolute atomic E-state index is 11.8. The summed E-state index contributed by atoms with van der Waals surface area (Å²) < 4.78 is 5.14. The molecule has 0 radical (unpaired) electrons. The first-order chi connectivity index (χ1) is 9.69. The third-order valence-electron chi connectivity index (χ3n) is 2.60. The number of carbonyl (C=O) groups is 2. The summed E-state index contributed by atoms with van der Waals surface area (Å²) in [5.41, 5.74) is -0.0691. The van der Waals surface area contributed by atoms with Crippen molar-refractivity contribution < 1.29 is 24.5 Å². The summed E-state index contributed by atoms with van der Waals surface area (Å²) >= 11 is 0. The summed E-state index contributed by atoms with van der Waals surface area (Å²) in [5.74, 6) is -1.14. The van der Waals surface area contributed by atoms with E-state index in [-0.39, 0.29) is 0 Å². The number of hydrogen-bond acceptors (Lipinski definition) is 4. The van der Waals surface area contributed by atoms with Crippen LogP contribution in [0.2, 0.25) is 0 Å². The number of aliphatic hydroxyl groups is 1. The van der Waals surface area contributed by atoms with Gasteiger partial charge >= 0.3 is 12.1 Å². The van der Waals surface area contributed by atoms with E-state index in [2.05, 4.69) is 5.32 Å². The Morgan fingerprint density at radius 2 is 1.81 bits per heavy atom. The lowest BCUT2D eigenvalue weighted by molar-refractivity contribution is -0.139. The van der Waals surface area contributed by atoms with Gasteiger partial charge in [0, 0.05) is 0 Å². The van der Waals surface area contributed by atoms with Crippen LogP contribution in [0.15, 0.2) is 30.3 Å². The summed E-state index contributed by atoms with van der Waals surface area (Å²) in [4.78, 5) is 22.6. The summed E-state index contributed by atoms with van der Waals surface area (Å²) in [6.07, 6.45) is -2.44. The molecule has 0 aliphatic carbocycles. The van der Waals surface area contributed by atoms with E-state index >= 15 is 0 Å². The molecule has 0 saturated carbocycles. The molecule has 0 aliphatic rings. The molecule has 0 saturated heterocycles. The molecule has 0 fully saturated rings. The molecule has 1 aromatic rings. The topological polar surface area (TPSA) is 95.9 Å². The highest BCUT2D eigenvalue weighted by molar-refractivity contribution is 5.70. The predicted molar refractivity (Wildman–Crippen MR) is 76.8 cm³/mol. The molecule has 2 atom stereocenters. The van der Waals surface area contributed by atoms with E-state index in [1.165, 1.54) is 0 Å².